The molecule has 0 bridgehead atoms. The number of aromatic nitrogens is 2. The van der Waals surface area contributed by atoms with Crippen LogP contribution in [-0.4, -0.2) is 22.8 Å². The van der Waals surface area contributed by atoms with Gasteiger partial charge in [0.2, 0.25) is 5.91 Å². The van der Waals surface area contributed by atoms with Gasteiger partial charge in [0, 0.05) is 21.8 Å². The second-order valence-electron chi connectivity index (χ2n) is 5.50. The van der Waals surface area contributed by atoms with Crippen molar-refractivity contribution >= 4 is 27.5 Å². The minimum Gasteiger partial charge on any atom is -0.497 e. The summed E-state index contributed by atoms with van der Waals surface area (Å²) in [7, 11) is 1.57. The highest BCUT2D eigenvalue weighted by atomic mass is 79.9. The minimum atomic E-state index is -0.337. The van der Waals surface area contributed by atoms with E-state index in [4.69, 9.17) is 4.74 Å². The van der Waals surface area contributed by atoms with Crippen LogP contribution in [0.4, 0.5) is 5.69 Å². The van der Waals surface area contributed by atoms with Crippen molar-refractivity contribution in [1.82, 2.24) is 9.78 Å². The molecule has 3 aromatic rings. The number of nitrogens with zero attached hydrogens (tertiary/aromatic N) is 2. The van der Waals surface area contributed by atoms with Crippen LogP contribution in [0.15, 0.2) is 69.9 Å². The fraction of sp³-hybridized carbons (Fsp3) is 0.105. The first kappa shape index (κ1) is 17.9. The molecule has 0 atom stereocenters. The number of anilines is 1. The Morgan fingerprint density at radius 1 is 1.08 bits per heavy atom. The molecule has 0 unspecified atom stereocenters. The summed E-state index contributed by atoms with van der Waals surface area (Å²) in [6.07, 6.45) is 0. The fourth-order valence-corrected chi connectivity index (χ4v) is 2.61. The molecule has 0 aliphatic heterocycles. The van der Waals surface area contributed by atoms with Gasteiger partial charge in [-0.25, -0.2) is 4.68 Å². The van der Waals surface area contributed by atoms with Crippen molar-refractivity contribution in [3.8, 4) is 17.0 Å². The number of amides is 1. The molecule has 6 nitrogen and oxygen atoms in total. The highest BCUT2D eigenvalue weighted by molar-refractivity contribution is 9.10. The van der Waals surface area contributed by atoms with E-state index in [-0.39, 0.29) is 18.0 Å². The molecule has 0 spiro atoms. The van der Waals surface area contributed by atoms with Gasteiger partial charge in [0.25, 0.3) is 5.56 Å². The number of ether oxygens (including phenoxy) is 1. The number of benzene rings is 2. The van der Waals surface area contributed by atoms with Crippen LogP contribution in [0.2, 0.25) is 0 Å². The standard InChI is InChI=1S/C19H16BrN3O3/c1-26-16-8-6-15(7-9-16)21-18(24)12-23-19(25)11-10-17(22-23)13-2-4-14(20)5-3-13/h2-11H,12H2,1H3,(H,21,24). The van der Waals surface area contributed by atoms with Crippen LogP contribution < -0.4 is 15.6 Å². The van der Waals surface area contributed by atoms with Crippen LogP contribution in [0.25, 0.3) is 11.3 Å². The van der Waals surface area contributed by atoms with Gasteiger partial charge in [-0.05, 0) is 42.5 Å². The summed E-state index contributed by atoms with van der Waals surface area (Å²) in [6, 6.07) is 17.6. The van der Waals surface area contributed by atoms with Crippen LogP contribution in [0.5, 0.6) is 5.75 Å². The zero-order valence-corrected chi connectivity index (χ0v) is 15.6. The lowest BCUT2D eigenvalue weighted by Crippen LogP contribution is -2.29. The van der Waals surface area contributed by atoms with Gasteiger partial charge < -0.3 is 10.1 Å². The van der Waals surface area contributed by atoms with Crippen molar-refractivity contribution in [3.05, 3.63) is 75.5 Å². The molecule has 0 aliphatic rings. The normalized spacial score (nSPS) is 10.4. The molecule has 7 heteroatoms. The number of nitrogens with one attached hydrogen (secondary N) is 1. The molecule has 1 aromatic heterocycles. The van der Waals surface area contributed by atoms with Gasteiger partial charge in [-0.2, -0.15) is 5.10 Å². The Hall–Kier alpha value is -2.93. The van der Waals surface area contributed by atoms with E-state index in [0.29, 0.717) is 17.1 Å². The largest absolute Gasteiger partial charge is 0.497 e. The Morgan fingerprint density at radius 3 is 2.42 bits per heavy atom. The predicted molar refractivity (Wildman–Crippen MR) is 103 cm³/mol. The van der Waals surface area contributed by atoms with Crippen LogP contribution in [0.1, 0.15) is 0 Å². The molecule has 132 valence electrons. The summed E-state index contributed by atoms with van der Waals surface area (Å²) >= 11 is 3.38. The molecular weight excluding hydrogens is 398 g/mol. The Labute approximate surface area is 158 Å². The maximum Gasteiger partial charge on any atom is 0.267 e. The second kappa shape index (κ2) is 7.97. The van der Waals surface area contributed by atoms with Crippen LogP contribution in [0.3, 0.4) is 0 Å². The van der Waals surface area contributed by atoms with E-state index >= 15 is 0 Å². The average molecular weight is 414 g/mol. The number of hydrogen-bond acceptors (Lipinski definition) is 4. The maximum atomic E-state index is 12.2. The number of methoxy groups -OCH3 is 1. The predicted octanol–water partition coefficient (Wildman–Crippen LogP) is 3.32. The van der Waals surface area contributed by atoms with Crippen molar-refractivity contribution in [2.75, 3.05) is 12.4 Å². The van der Waals surface area contributed by atoms with Crippen LogP contribution in [-0.2, 0) is 11.3 Å². The van der Waals surface area contributed by atoms with E-state index in [0.717, 1.165) is 14.7 Å². The van der Waals surface area contributed by atoms with Gasteiger partial charge in [-0.3, -0.25) is 9.59 Å². The third kappa shape index (κ3) is 4.37. The molecule has 3 rings (SSSR count). The van der Waals surface area contributed by atoms with Crippen molar-refractivity contribution in [3.63, 3.8) is 0 Å². The first-order valence-corrected chi connectivity index (χ1v) is 8.62. The lowest BCUT2D eigenvalue weighted by Gasteiger charge is -2.09. The molecule has 0 aliphatic carbocycles. The average Bonchev–Trinajstić information content (AvgIpc) is 2.65. The fourth-order valence-electron chi connectivity index (χ4n) is 2.35. The monoisotopic (exact) mass is 413 g/mol. The first-order chi connectivity index (χ1) is 12.5. The van der Waals surface area contributed by atoms with Crippen molar-refractivity contribution in [2.24, 2.45) is 0 Å². The Morgan fingerprint density at radius 2 is 1.77 bits per heavy atom. The van der Waals surface area contributed by atoms with E-state index < -0.39 is 0 Å². The Kier molecular flexibility index (Phi) is 5.48. The first-order valence-electron chi connectivity index (χ1n) is 7.83. The lowest BCUT2D eigenvalue weighted by atomic mass is 10.1. The number of rotatable bonds is 5. The molecule has 1 amide bonds. The van der Waals surface area contributed by atoms with Gasteiger partial charge in [-0.15, -0.1) is 0 Å². The Bertz CT molecular complexity index is 967. The maximum absolute atomic E-state index is 12.2. The number of hydrogen-bond donors (Lipinski definition) is 1. The summed E-state index contributed by atoms with van der Waals surface area (Å²) in [5.41, 5.74) is 1.76. The third-order valence-electron chi connectivity index (χ3n) is 3.67. The van der Waals surface area contributed by atoms with Gasteiger partial charge >= 0.3 is 0 Å². The van der Waals surface area contributed by atoms with Gasteiger partial charge in [0.1, 0.15) is 12.3 Å². The number of halogens is 1. The van der Waals surface area contributed by atoms with Gasteiger partial charge in [0.05, 0.1) is 12.8 Å². The molecule has 2 aromatic carbocycles. The second-order valence-corrected chi connectivity index (χ2v) is 6.41. The highest BCUT2D eigenvalue weighted by Crippen LogP contribution is 2.19. The molecular formula is C19H16BrN3O3. The van der Waals surface area contributed by atoms with E-state index in [1.54, 1.807) is 37.4 Å². The van der Waals surface area contributed by atoms with Crippen molar-refractivity contribution in [1.29, 1.82) is 0 Å². The van der Waals surface area contributed by atoms with Crippen molar-refractivity contribution in [2.45, 2.75) is 6.54 Å². The highest BCUT2D eigenvalue weighted by Gasteiger charge is 2.09. The van der Waals surface area contributed by atoms with Gasteiger partial charge in [-0.1, -0.05) is 28.1 Å². The molecule has 0 saturated carbocycles. The summed E-state index contributed by atoms with van der Waals surface area (Å²) in [4.78, 5) is 24.3. The van der Waals surface area contributed by atoms with E-state index in [2.05, 4.69) is 26.3 Å². The van der Waals surface area contributed by atoms with E-state index in [9.17, 15) is 9.59 Å². The molecule has 0 saturated heterocycles. The summed E-state index contributed by atoms with van der Waals surface area (Å²) < 4.78 is 7.18. The molecule has 26 heavy (non-hydrogen) atoms. The molecule has 1 N–H and O–H groups in total. The van der Waals surface area contributed by atoms with Gasteiger partial charge in [0.15, 0.2) is 0 Å². The number of carbonyl (C=O) groups excluding carboxylic acids is 1. The lowest BCUT2D eigenvalue weighted by molar-refractivity contribution is -0.117. The minimum absolute atomic E-state index is 0.171. The van der Waals surface area contributed by atoms with E-state index in [1.807, 2.05) is 24.3 Å². The molecule has 0 fully saturated rings. The quantitative estimate of drug-likeness (QED) is 0.695. The third-order valence-corrected chi connectivity index (χ3v) is 4.20. The van der Waals surface area contributed by atoms with E-state index in [1.165, 1.54) is 6.07 Å². The molecule has 1 heterocycles. The number of carbonyl (C=O) groups is 1. The zero-order chi connectivity index (χ0) is 18.5. The van der Waals surface area contributed by atoms with Crippen LogP contribution >= 0.6 is 15.9 Å². The molecule has 0 radical (unpaired) electrons. The summed E-state index contributed by atoms with van der Waals surface area (Å²) in [6.45, 7) is -0.171. The topological polar surface area (TPSA) is 73.2 Å². The summed E-state index contributed by atoms with van der Waals surface area (Å²) in [5.74, 6) is 0.362. The SMILES string of the molecule is COc1ccc(NC(=O)Cn2nc(-c3ccc(Br)cc3)ccc2=O)cc1. The van der Waals surface area contributed by atoms with Crippen molar-refractivity contribution < 1.29 is 9.53 Å². The zero-order valence-electron chi connectivity index (χ0n) is 14.0. The van der Waals surface area contributed by atoms with Crippen LogP contribution in [0, 0.1) is 0 Å². The summed E-state index contributed by atoms with van der Waals surface area (Å²) in [5, 5.41) is 7.02. The smallest absolute Gasteiger partial charge is 0.267 e. The Balaban J connectivity index is 1.75.